The van der Waals surface area contributed by atoms with Crippen LogP contribution in [-0.2, 0) is 6.18 Å². The van der Waals surface area contributed by atoms with Crippen molar-refractivity contribution in [1.82, 2.24) is 15.0 Å². The zero-order valence-electron chi connectivity index (χ0n) is 12.8. The molecule has 0 atom stereocenters. The fourth-order valence-electron chi connectivity index (χ4n) is 1.78. The average molecular weight is 334 g/mol. The summed E-state index contributed by atoms with van der Waals surface area (Å²) in [6.45, 7) is 0. The zero-order valence-corrected chi connectivity index (χ0v) is 12.8. The predicted molar refractivity (Wildman–Crippen MR) is 83.5 cm³/mol. The number of rotatable bonds is 3. The minimum absolute atomic E-state index is 0.0496. The standard InChI is InChI=1S/C15H13F3N6/c1-24(2)14-22-12(21-13(20)23-14)10(8-19)7-9-3-5-11(6-4-9)15(16,17)18/h3-7H,1-2H3,(H2,20,21,22,23)/b10-7+. The van der Waals surface area contributed by atoms with Gasteiger partial charge in [-0.3, -0.25) is 0 Å². The number of hydrogen-bond donors (Lipinski definition) is 1. The number of nitrogen functional groups attached to an aromatic ring is 1. The fraction of sp³-hybridized carbons (Fsp3) is 0.200. The van der Waals surface area contributed by atoms with Crippen LogP contribution < -0.4 is 10.6 Å². The Morgan fingerprint density at radius 3 is 2.29 bits per heavy atom. The Morgan fingerprint density at radius 1 is 1.17 bits per heavy atom. The third-order valence-corrected chi connectivity index (χ3v) is 2.95. The maximum Gasteiger partial charge on any atom is 0.416 e. The van der Waals surface area contributed by atoms with Gasteiger partial charge in [0.1, 0.15) is 6.07 Å². The maximum absolute atomic E-state index is 12.6. The number of nitrogens with zero attached hydrogens (tertiary/aromatic N) is 5. The highest BCUT2D eigenvalue weighted by Crippen LogP contribution is 2.29. The quantitative estimate of drug-likeness (QED) is 0.868. The minimum Gasteiger partial charge on any atom is -0.368 e. The van der Waals surface area contributed by atoms with E-state index in [0.717, 1.165) is 12.1 Å². The van der Waals surface area contributed by atoms with Crippen molar-refractivity contribution in [3.63, 3.8) is 0 Å². The third kappa shape index (κ3) is 3.98. The van der Waals surface area contributed by atoms with Gasteiger partial charge in [-0.05, 0) is 23.8 Å². The molecule has 1 heterocycles. The van der Waals surface area contributed by atoms with Crippen molar-refractivity contribution in [2.75, 3.05) is 24.7 Å². The van der Waals surface area contributed by atoms with Crippen LogP contribution >= 0.6 is 0 Å². The van der Waals surface area contributed by atoms with Crippen molar-refractivity contribution in [2.45, 2.75) is 6.18 Å². The summed E-state index contributed by atoms with van der Waals surface area (Å²) in [6.07, 6.45) is -3.03. The SMILES string of the molecule is CN(C)c1nc(N)nc(/C(C#N)=C/c2ccc(C(F)(F)F)cc2)n1. The lowest BCUT2D eigenvalue weighted by Gasteiger charge is -2.11. The first-order valence-corrected chi connectivity index (χ1v) is 6.69. The normalized spacial score (nSPS) is 11.9. The number of benzene rings is 1. The molecule has 0 aliphatic carbocycles. The van der Waals surface area contributed by atoms with Gasteiger partial charge in [-0.15, -0.1) is 0 Å². The van der Waals surface area contributed by atoms with Crippen LogP contribution in [0.25, 0.3) is 11.6 Å². The molecule has 6 nitrogen and oxygen atoms in total. The van der Waals surface area contributed by atoms with Crippen LogP contribution in [-0.4, -0.2) is 29.0 Å². The van der Waals surface area contributed by atoms with Gasteiger partial charge < -0.3 is 10.6 Å². The minimum atomic E-state index is -4.41. The van der Waals surface area contributed by atoms with Gasteiger partial charge in [0.05, 0.1) is 11.1 Å². The van der Waals surface area contributed by atoms with Crippen LogP contribution in [0, 0.1) is 11.3 Å². The molecule has 0 radical (unpaired) electrons. The first-order valence-electron chi connectivity index (χ1n) is 6.69. The van der Waals surface area contributed by atoms with Gasteiger partial charge in [-0.2, -0.15) is 33.4 Å². The molecule has 0 saturated carbocycles. The Labute approximate surface area is 136 Å². The second kappa shape index (κ2) is 6.54. The van der Waals surface area contributed by atoms with Crippen LogP contribution in [0.3, 0.4) is 0 Å². The molecule has 0 bridgehead atoms. The number of nitrogens with two attached hydrogens (primary N) is 1. The van der Waals surface area contributed by atoms with E-state index in [0.29, 0.717) is 5.56 Å². The van der Waals surface area contributed by atoms with Crippen LogP contribution in [0.15, 0.2) is 24.3 Å². The van der Waals surface area contributed by atoms with E-state index in [1.165, 1.54) is 18.2 Å². The van der Waals surface area contributed by atoms with Crippen molar-refractivity contribution in [1.29, 1.82) is 5.26 Å². The molecule has 0 aliphatic rings. The van der Waals surface area contributed by atoms with Crippen molar-refractivity contribution in [2.24, 2.45) is 0 Å². The molecule has 0 fully saturated rings. The molecule has 24 heavy (non-hydrogen) atoms. The summed E-state index contributed by atoms with van der Waals surface area (Å²) >= 11 is 0. The van der Waals surface area contributed by atoms with Gasteiger partial charge in [0.2, 0.25) is 11.9 Å². The summed E-state index contributed by atoms with van der Waals surface area (Å²) in [4.78, 5) is 13.5. The molecule has 1 aromatic heterocycles. The van der Waals surface area contributed by atoms with Gasteiger partial charge in [-0.25, -0.2) is 0 Å². The Hall–Kier alpha value is -3.15. The first-order chi connectivity index (χ1) is 11.2. The van der Waals surface area contributed by atoms with Gasteiger partial charge >= 0.3 is 6.18 Å². The molecule has 0 saturated heterocycles. The second-order valence-corrected chi connectivity index (χ2v) is 5.00. The largest absolute Gasteiger partial charge is 0.416 e. The van der Waals surface area contributed by atoms with Crippen molar-refractivity contribution in [3.05, 3.63) is 41.2 Å². The Balaban J connectivity index is 2.42. The number of nitriles is 1. The third-order valence-electron chi connectivity index (χ3n) is 2.95. The Morgan fingerprint density at radius 2 is 1.79 bits per heavy atom. The molecule has 0 spiro atoms. The van der Waals surface area contributed by atoms with Crippen molar-refractivity contribution in [3.8, 4) is 6.07 Å². The van der Waals surface area contributed by atoms with E-state index >= 15 is 0 Å². The molecule has 0 amide bonds. The molecule has 0 aliphatic heterocycles. The number of hydrogen-bond acceptors (Lipinski definition) is 6. The highest BCUT2D eigenvalue weighted by molar-refractivity contribution is 5.87. The van der Waals surface area contributed by atoms with E-state index in [-0.39, 0.29) is 23.3 Å². The monoisotopic (exact) mass is 334 g/mol. The number of anilines is 2. The molecular weight excluding hydrogens is 321 g/mol. The highest BCUT2D eigenvalue weighted by Gasteiger charge is 2.29. The highest BCUT2D eigenvalue weighted by atomic mass is 19.4. The number of allylic oxidation sites excluding steroid dienone is 1. The molecule has 2 aromatic rings. The lowest BCUT2D eigenvalue weighted by molar-refractivity contribution is -0.137. The molecule has 124 valence electrons. The van der Waals surface area contributed by atoms with Gasteiger partial charge in [0.25, 0.3) is 0 Å². The van der Waals surface area contributed by atoms with E-state index in [1.54, 1.807) is 19.0 Å². The molecule has 1 aromatic carbocycles. The van der Waals surface area contributed by atoms with E-state index < -0.39 is 11.7 Å². The Kier molecular flexibility index (Phi) is 4.69. The van der Waals surface area contributed by atoms with Crippen LogP contribution in [0.2, 0.25) is 0 Å². The van der Waals surface area contributed by atoms with Crippen LogP contribution in [0.5, 0.6) is 0 Å². The summed E-state index contributed by atoms with van der Waals surface area (Å²) < 4.78 is 37.7. The maximum atomic E-state index is 12.6. The van der Waals surface area contributed by atoms with E-state index in [1.807, 2.05) is 6.07 Å². The van der Waals surface area contributed by atoms with Crippen molar-refractivity contribution >= 4 is 23.5 Å². The van der Waals surface area contributed by atoms with Crippen LogP contribution in [0.1, 0.15) is 17.0 Å². The van der Waals surface area contributed by atoms with Crippen LogP contribution in [0.4, 0.5) is 25.1 Å². The smallest absolute Gasteiger partial charge is 0.368 e. The van der Waals surface area contributed by atoms with E-state index in [9.17, 15) is 18.4 Å². The molecular formula is C15H13F3N6. The average Bonchev–Trinajstić information content (AvgIpc) is 2.51. The number of aromatic nitrogens is 3. The van der Waals surface area contributed by atoms with Gasteiger partial charge in [-0.1, -0.05) is 12.1 Å². The van der Waals surface area contributed by atoms with Gasteiger partial charge in [0, 0.05) is 14.1 Å². The predicted octanol–water partition coefficient (Wildman–Crippen LogP) is 2.60. The second-order valence-electron chi connectivity index (χ2n) is 5.00. The van der Waals surface area contributed by atoms with E-state index in [4.69, 9.17) is 5.73 Å². The summed E-state index contributed by atoms with van der Waals surface area (Å²) in [6, 6.07) is 6.32. The summed E-state index contributed by atoms with van der Waals surface area (Å²) in [5.41, 5.74) is 5.30. The number of halogens is 3. The fourth-order valence-corrected chi connectivity index (χ4v) is 1.78. The molecule has 0 unspecified atom stereocenters. The summed E-state index contributed by atoms with van der Waals surface area (Å²) in [7, 11) is 3.40. The molecule has 2 N–H and O–H groups in total. The van der Waals surface area contributed by atoms with Crippen molar-refractivity contribution < 1.29 is 13.2 Å². The lowest BCUT2D eigenvalue weighted by Crippen LogP contribution is -2.15. The first kappa shape index (κ1) is 17.2. The number of alkyl halides is 3. The molecule has 2 rings (SSSR count). The molecule has 9 heteroatoms. The summed E-state index contributed by atoms with van der Waals surface area (Å²) in [5, 5.41) is 9.29. The summed E-state index contributed by atoms with van der Waals surface area (Å²) in [5.74, 6) is 0.261. The van der Waals surface area contributed by atoms with E-state index in [2.05, 4.69) is 15.0 Å². The topological polar surface area (TPSA) is 91.7 Å². The lowest BCUT2D eigenvalue weighted by atomic mass is 10.1. The van der Waals surface area contributed by atoms with Gasteiger partial charge in [0.15, 0.2) is 5.82 Å². The zero-order chi connectivity index (χ0) is 17.9. The Bertz CT molecular complexity index is 803.